The van der Waals surface area contributed by atoms with Gasteiger partial charge in [-0.3, -0.25) is 4.79 Å². The maximum atomic E-state index is 13.8. The minimum atomic E-state index is -0.491. The number of rotatable bonds is 2. The molecule has 2 N–H and O–H groups in total. The van der Waals surface area contributed by atoms with Crippen LogP contribution in [0.15, 0.2) is 36.4 Å². The van der Waals surface area contributed by atoms with Crippen LogP contribution in [0.1, 0.15) is 36.0 Å². The minimum absolute atomic E-state index is 0.213. The molecule has 1 amide bonds. The van der Waals surface area contributed by atoms with Gasteiger partial charge in [-0.05, 0) is 30.4 Å². The van der Waals surface area contributed by atoms with E-state index in [9.17, 15) is 14.3 Å². The topological polar surface area (TPSA) is 49.3 Å². The molecule has 0 saturated heterocycles. The summed E-state index contributed by atoms with van der Waals surface area (Å²) in [7, 11) is 0. The Hall–Kier alpha value is -1.94. The molecule has 0 radical (unpaired) electrons. The van der Waals surface area contributed by atoms with Crippen LogP contribution in [0.25, 0.3) is 10.8 Å². The first-order valence-corrected chi connectivity index (χ1v) is 7.33. The van der Waals surface area contributed by atoms with Crippen LogP contribution in [-0.2, 0) is 0 Å². The van der Waals surface area contributed by atoms with Crippen molar-refractivity contribution >= 4 is 16.7 Å². The summed E-state index contributed by atoms with van der Waals surface area (Å²) >= 11 is 0. The summed E-state index contributed by atoms with van der Waals surface area (Å²) in [4.78, 5) is 12.4. The zero-order chi connectivity index (χ0) is 14.8. The van der Waals surface area contributed by atoms with E-state index in [4.69, 9.17) is 0 Å². The highest BCUT2D eigenvalue weighted by molar-refractivity contribution is 6.07. The number of aliphatic hydroxyl groups is 1. The van der Waals surface area contributed by atoms with Crippen LogP contribution in [0.2, 0.25) is 0 Å². The molecule has 4 heteroatoms. The molecular weight excluding hydrogens is 269 g/mol. The van der Waals surface area contributed by atoms with E-state index in [-0.39, 0.29) is 17.8 Å². The van der Waals surface area contributed by atoms with E-state index in [1.54, 1.807) is 24.3 Å². The van der Waals surface area contributed by atoms with E-state index in [1.807, 2.05) is 0 Å². The molecule has 21 heavy (non-hydrogen) atoms. The maximum absolute atomic E-state index is 13.8. The third kappa shape index (κ3) is 2.76. The summed E-state index contributed by atoms with van der Waals surface area (Å²) in [5.74, 6) is -0.586. The molecule has 1 aliphatic rings. The molecule has 1 fully saturated rings. The van der Waals surface area contributed by atoms with E-state index < -0.39 is 6.10 Å². The van der Waals surface area contributed by atoms with Gasteiger partial charge in [-0.2, -0.15) is 0 Å². The van der Waals surface area contributed by atoms with Crippen molar-refractivity contribution in [1.29, 1.82) is 0 Å². The second-order valence-corrected chi connectivity index (χ2v) is 5.57. The highest BCUT2D eigenvalue weighted by Gasteiger charge is 2.25. The Morgan fingerprint density at radius 1 is 1.10 bits per heavy atom. The van der Waals surface area contributed by atoms with E-state index in [1.165, 1.54) is 12.1 Å². The highest BCUT2D eigenvalue weighted by atomic mass is 19.1. The molecular formula is C17H18FNO2. The van der Waals surface area contributed by atoms with Gasteiger partial charge < -0.3 is 10.4 Å². The Morgan fingerprint density at radius 2 is 1.81 bits per heavy atom. The molecule has 0 aliphatic heterocycles. The largest absolute Gasteiger partial charge is 0.391 e. The second kappa shape index (κ2) is 5.82. The first-order chi connectivity index (χ1) is 10.2. The van der Waals surface area contributed by atoms with E-state index in [0.717, 1.165) is 25.7 Å². The molecule has 2 aromatic rings. The van der Waals surface area contributed by atoms with Gasteiger partial charge in [0.15, 0.2) is 0 Å². The number of aliphatic hydroxyl groups excluding tert-OH is 1. The Morgan fingerprint density at radius 3 is 2.57 bits per heavy atom. The van der Waals surface area contributed by atoms with E-state index in [0.29, 0.717) is 16.3 Å². The van der Waals surface area contributed by atoms with Crippen molar-refractivity contribution in [1.82, 2.24) is 5.32 Å². The van der Waals surface area contributed by atoms with Crippen LogP contribution in [0, 0.1) is 5.82 Å². The lowest BCUT2D eigenvalue weighted by Gasteiger charge is -2.28. The van der Waals surface area contributed by atoms with Crippen molar-refractivity contribution in [2.45, 2.75) is 37.8 Å². The summed E-state index contributed by atoms with van der Waals surface area (Å²) in [6.45, 7) is 0. The average molecular weight is 287 g/mol. The standard InChI is InChI=1S/C17H18FNO2/c18-14-10-9-13(11-5-1-2-6-12(11)14)17(21)19-15-7-3-4-8-16(15)20/h1-2,5-6,9-10,15-16,20H,3-4,7-8H2,(H,19,21)/t15-,16-/m0/s1. The molecule has 2 aromatic carbocycles. The number of halogens is 1. The van der Waals surface area contributed by atoms with Crippen LogP contribution >= 0.6 is 0 Å². The number of fused-ring (bicyclic) bond motifs is 1. The molecule has 0 bridgehead atoms. The Kier molecular flexibility index (Phi) is 3.88. The predicted octanol–water partition coefficient (Wildman–Crippen LogP) is 3.01. The summed E-state index contributed by atoms with van der Waals surface area (Å²) < 4.78 is 13.8. The number of benzene rings is 2. The van der Waals surface area contributed by atoms with E-state index in [2.05, 4.69) is 5.32 Å². The number of nitrogens with one attached hydrogen (secondary N) is 1. The van der Waals surface area contributed by atoms with Gasteiger partial charge in [0.05, 0.1) is 12.1 Å². The Labute approximate surface area is 122 Å². The number of amides is 1. The molecule has 3 nitrogen and oxygen atoms in total. The third-order valence-corrected chi connectivity index (χ3v) is 4.16. The minimum Gasteiger partial charge on any atom is -0.391 e. The number of carbonyl (C=O) groups excluding carboxylic acids is 1. The number of hydrogen-bond donors (Lipinski definition) is 2. The third-order valence-electron chi connectivity index (χ3n) is 4.16. The van der Waals surface area contributed by atoms with Gasteiger partial charge in [-0.1, -0.05) is 37.1 Å². The van der Waals surface area contributed by atoms with Crippen molar-refractivity contribution < 1.29 is 14.3 Å². The zero-order valence-corrected chi connectivity index (χ0v) is 11.7. The maximum Gasteiger partial charge on any atom is 0.252 e. The molecule has 0 aromatic heterocycles. The molecule has 2 atom stereocenters. The van der Waals surface area contributed by atoms with Gasteiger partial charge in [0, 0.05) is 10.9 Å². The van der Waals surface area contributed by atoms with Gasteiger partial charge in [0.1, 0.15) is 5.82 Å². The van der Waals surface area contributed by atoms with Crippen LogP contribution in [-0.4, -0.2) is 23.2 Å². The molecule has 0 heterocycles. The lowest BCUT2D eigenvalue weighted by molar-refractivity contribution is 0.0718. The molecule has 0 spiro atoms. The van der Waals surface area contributed by atoms with Crippen molar-refractivity contribution in [3.63, 3.8) is 0 Å². The quantitative estimate of drug-likeness (QED) is 0.892. The summed E-state index contributed by atoms with van der Waals surface area (Å²) in [6.07, 6.45) is 3.01. The lowest BCUT2D eigenvalue weighted by Crippen LogP contribution is -2.45. The SMILES string of the molecule is O=C(N[C@H]1CCCC[C@@H]1O)c1ccc(F)c2ccccc12. The van der Waals surface area contributed by atoms with Crippen molar-refractivity contribution in [2.24, 2.45) is 0 Å². The Bertz CT molecular complexity index is 671. The van der Waals surface area contributed by atoms with Crippen molar-refractivity contribution in [2.75, 3.05) is 0 Å². The zero-order valence-electron chi connectivity index (χ0n) is 11.7. The summed E-state index contributed by atoms with van der Waals surface area (Å²) in [5, 5.41) is 13.9. The van der Waals surface area contributed by atoms with Gasteiger partial charge >= 0.3 is 0 Å². The Balaban J connectivity index is 1.89. The smallest absolute Gasteiger partial charge is 0.252 e. The van der Waals surface area contributed by atoms with Crippen LogP contribution in [0.3, 0.4) is 0 Å². The van der Waals surface area contributed by atoms with Gasteiger partial charge in [-0.15, -0.1) is 0 Å². The molecule has 1 saturated carbocycles. The average Bonchev–Trinajstić information content (AvgIpc) is 2.50. The second-order valence-electron chi connectivity index (χ2n) is 5.57. The molecule has 1 aliphatic carbocycles. The summed E-state index contributed by atoms with van der Waals surface area (Å²) in [5.41, 5.74) is 0.449. The monoisotopic (exact) mass is 287 g/mol. The van der Waals surface area contributed by atoms with Crippen molar-refractivity contribution in [3.8, 4) is 0 Å². The molecule has 3 rings (SSSR count). The first-order valence-electron chi connectivity index (χ1n) is 7.33. The normalized spacial score (nSPS) is 22.2. The lowest BCUT2D eigenvalue weighted by atomic mass is 9.92. The highest BCUT2D eigenvalue weighted by Crippen LogP contribution is 2.23. The summed E-state index contributed by atoms with van der Waals surface area (Å²) in [6, 6.07) is 9.54. The fourth-order valence-electron chi connectivity index (χ4n) is 2.99. The number of carbonyl (C=O) groups is 1. The fourth-order valence-corrected chi connectivity index (χ4v) is 2.99. The van der Waals surface area contributed by atoms with Gasteiger partial charge in [0.25, 0.3) is 5.91 Å². The fraction of sp³-hybridized carbons (Fsp3) is 0.353. The van der Waals surface area contributed by atoms with Crippen molar-refractivity contribution in [3.05, 3.63) is 47.8 Å². The van der Waals surface area contributed by atoms with Crippen LogP contribution in [0.4, 0.5) is 4.39 Å². The number of hydrogen-bond acceptors (Lipinski definition) is 2. The predicted molar refractivity (Wildman–Crippen MR) is 79.6 cm³/mol. The van der Waals surface area contributed by atoms with Gasteiger partial charge in [-0.25, -0.2) is 4.39 Å². The first kappa shape index (κ1) is 14.0. The molecule has 0 unspecified atom stereocenters. The van der Waals surface area contributed by atoms with Gasteiger partial charge in [0.2, 0.25) is 0 Å². The van der Waals surface area contributed by atoms with Crippen LogP contribution in [0.5, 0.6) is 0 Å². The van der Waals surface area contributed by atoms with E-state index >= 15 is 0 Å². The molecule has 110 valence electrons. The van der Waals surface area contributed by atoms with Crippen LogP contribution < -0.4 is 5.32 Å².